The standard InChI is InChI=1S/C18H22N4O3/c1-13-18(24)22(15-6-3-4-7-16(15)25-13)12-17(23)20-8-5-10-21-11-9-19-14(21)2/h3-4,6-7,9,11,13H,5,8,10,12H2,1-2H3,(H,20,23)/t13-/m1/s1. The van der Waals surface area contributed by atoms with Gasteiger partial charge in [-0.05, 0) is 32.4 Å². The first kappa shape index (κ1) is 17.0. The summed E-state index contributed by atoms with van der Waals surface area (Å²) in [4.78, 5) is 30.2. The van der Waals surface area contributed by atoms with Gasteiger partial charge in [0.05, 0.1) is 5.69 Å². The largest absolute Gasteiger partial charge is 0.479 e. The minimum Gasteiger partial charge on any atom is -0.479 e. The number of amides is 2. The van der Waals surface area contributed by atoms with Gasteiger partial charge in [-0.1, -0.05) is 12.1 Å². The van der Waals surface area contributed by atoms with Gasteiger partial charge in [0.2, 0.25) is 5.91 Å². The van der Waals surface area contributed by atoms with Crippen LogP contribution in [-0.4, -0.2) is 40.6 Å². The van der Waals surface area contributed by atoms with Gasteiger partial charge >= 0.3 is 0 Å². The highest BCUT2D eigenvalue weighted by molar-refractivity contribution is 6.03. The van der Waals surface area contributed by atoms with E-state index in [1.165, 1.54) is 4.90 Å². The van der Waals surface area contributed by atoms with Crippen molar-refractivity contribution >= 4 is 17.5 Å². The number of hydrogen-bond acceptors (Lipinski definition) is 4. The Morgan fingerprint density at radius 1 is 1.36 bits per heavy atom. The average molecular weight is 342 g/mol. The van der Waals surface area contributed by atoms with Gasteiger partial charge in [-0.25, -0.2) is 4.98 Å². The molecule has 1 aliphatic rings. The molecule has 2 heterocycles. The number of carbonyl (C=O) groups excluding carboxylic acids is 2. The van der Waals surface area contributed by atoms with E-state index in [1.807, 2.05) is 29.8 Å². The lowest BCUT2D eigenvalue weighted by Gasteiger charge is -2.32. The number of aromatic nitrogens is 2. The van der Waals surface area contributed by atoms with E-state index in [1.54, 1.807) is 25.3 Å². The fourth-order valence-electron chi connectivity index (χ4n) is 2.84. The molecule has 1 aliphatic heterocycles. The molecule has 1 N–H and O–H groups in total. The molecule has 0 spiro atoms. The van der Waals surface area contributed by atoms with Crippen molar-refractivity contribution in [1.82, 2.24) is 14.9 Å². The molecule has 0 radical (unpaired) electrons. The van der Waals surface area contributed by atoms with E-state index in [0.29, 0.717) is 18.0 Å². The molecule has 1 atom stereocenters. The third kappa shape index (κ3) is 3.81. The molecule has 25 heavy (non-hydrogen) atoms. The maximum atomic E-state index is 12.4. The van der Waals surface area contributed by atoms with Crippen LogP contribution in [0.2, 0.25) is 0 Å². The molecule has 2 amide bonds. The average Bonchev–Trinajstić information content (AvgIpc) is 3.01. The van der Waals surface area contributed by atoms with Gasteiger partial charge in [-0.3, -0.25) is 14.5 Å². The van der Waals surface area contributed by atoms with Crippen LogP contribution in [-0.2, 0) is 16.1 Å². The number of benzene rings is 1. The number of nitrogens with one attached hydrogen (secondary N) is 1. The Balaban J connectivity index is 1.53. The lowest BCUT2D eigenvalue weighted by molar-refractivity contribution is -0.128. The molecule has 3 rings (SSSR count). The second-order valence-electron chi connectivity index (χ2n) is 6.02. The fourth-order valence-corrected chi connectivity index (χ4v) is 2.84. The van der Waals surface area contributed by atoms with Crippen molar-refractivity contribution in [3.8, 4) is 5.75 Å². The molecule has 1 aromatic heterocycles. The van der Waals surface area contributed by atoms with Gasteiger partial charge in [-0.15, -0.1) is 0 Å². The first-order chi connectivity index (χ1) is 12.1. The number of ether oxygens (including phenoxy) is 1. The highest BCUT2D eigenvalue weighted by Crippen LogP contribution is 2.33. The van der Waals surface area contributed by atoms with E-state index in [4.69, 9.17) is 4.74 Å². The summed E-state index contributed by atoms with van der Waals surface area (Å²) in [6.45, 7) is 4.97. The maximum absolute atomic E-state index is 12.4. The van der Waals surface area contributed by atoms with Crippen molar-refractivity contribution < 1.29 is 14.3 Å². The molecule has 0 fully saturated rings. The predicted octanol–water partition coefficient (Wildman–Crippen LogP) is 1.51. The molecule has 0 saturated heterocycles. The number of imidazole rings is 1. The molecule has 0 unspecified atom stereocenters. The molecular formula is C18H22N4O3. The van der Waals surface area contributed by atoms with Crippen LogP contribution in [0.3, 0.4) is 0 Å². The van der Waals surface area contributed by atoms with Crippen molar-refractivity contribution in [2.45, 2.75) is 32.9 Å². The maximum Gasteiger partial charge on any atom is 0.268 e. The summed E-state index contributed by atoms with van der Waals surface area (Å²) in [5.41, 5.74) is 0.634. The van der Waals surface area contributed by atoms with Crippen LogP contribution < -0.4 is 15.0 Å². The van der Waals surface area contributed by atoms with Crippen LogP contribution in [0.15, 0.2) is 36.7 Å². The van der Waals surface area contributed by atoms with Crippen molar-refractivity contribution in [2.75, 3.05) is 18.0 Å². The van der Waals surface area contributed by atoms with Crippen molar-refractivity contribution in [2.24, 2.45) is 0 Å². The molecule has 132 valence electrons. The second kappa shape index (κ2) is 7.38. The Hall–Kier alpha value is -2.83. The number of rotatable bonds is 6. The van der Waals surface area contributed by atoms with E-state index >= 15 is 0 Å². The summed E-state index contributed by atoms with van der Waals surface area (Å²) >= 11 is 0. The summed E-state index contributed by atoms with van der Waals surface area (Å²) in [5, 5.41) is 2.87. The van der Waals surface area contributed by atoms with E-state index in [9.17, 15) is 9.59 Å². The zero-order valence-electron chi connectivity index (χ0n) is 14.4. The molecule has 1 aromatic carbocycles. The van der Waals surface area contributed by atoms with E-state index in [0.717, 1.165) is 18.8 Å². The normalized spacial score (nSPS) is 16.3. The third-order valence-electron chi connectivity index (χ3n) is 4.20. The third-order valence-corrected chi connectivity index (χ3v) is 4.20. The Morgan fingerprint density at radius 3 is 2.92 bits per heavy atom. The van der Waals surface area contributed by atoms with Crippen molar-refractivity contribution in [3.63, 3.8) is 0 Å². The first-order valence-electron chi connectivity index (χ1n) is 8.38. The molecular weight excluding hydrogens is 320 g/mol. The summed E-state index contributed by atoms with van der Waals surface area (Å²) in [6, 6.07) is 7.26. The van der Waals surface area contributed by atoms with Crippen molar-refractivity contribution in [1.29, 1.82) is 0 Å². The summed E-state index contributed by atoms with van der Waals surface area (Å²) in [5.74, 6) is 1.19. The zero-order chi connectivity index (χ0) is 17.8. The number of carbonyl (C=O) groups is 2. The Labute approximate surface area is 146 Å². The first-order valence-corrected chi connectivity index (χ1v) is 8.38. The summed E-state index contributed by atoms with van der Waals surface area (Å²) in [7, 11) is 0. The monoisotopic (exact) mass is 342 g/mol. The molecule has 2 aromatic rings. The minimum absolute atomic E-state index is 0.00630. The zero-order valence-corrected chi connectivity index (χ0v) is 14.4. The number of anilines is 1. The second-order valence-corrected chi connectivity index (χ2v) is 6.02. The Bertz CT molecular complexity index is 771. The van der Waals surface area contributed by atoms with Gasteiger partial charge in [-0.2, -0.15) is 0 Å². The number of fused-ring (bicyclic) bond motifs is 1. The SMILES string of the molecule is Cc1nccn1CCCNC(=O)CN1C(=O)[C@@H](C)Oc2ccccc21. The van der Waals surface area contributed by atoms with Crippen LogP contribution in [0.5, 0.6) is 5.75 Å². The fraction of sp³-hybridized carbons (Fsp3) is 0.389. The van der Waals surface area contributed by atoms with Crippen LogP contribution >= 0.6 is 0 Å². The van der Waals surface area contributed by atoms with Gasteiger partial charge < -0.3 is 14.6 Å². The lowest BCUT2D eigenvalue weighted by atomic mass is 10.2. The number of para-hydroxylation sites is 2. The number of nitrogens with zero attached hydrogens (tertiary/aromatic N) is 3. The van der Waals surface area contributed by atoms with E-state index < -0.39 is 6.10 Å². The molecule has 0 saturated carbocycles. The van der Waals surface area contributed by atoms with Crippen LogP contribution in [0.25, 0.3) is 0 Å². The van der Waals surface area contributed by atoms with E-state index in [-0.39, 0.29) is 18.4 Å². The van der Waals surface area contributed by atoms with Crippen LogP contribution in [0, 0.1) is 6.92 Å². The molecule has 7 heteroatoms. The molecule has 0 aliphatic carbocycles. The van der Waals surface area contributed by atoms with Gasteiger partial charge in [0.25, 0.3) is 5.91 Å². The van der Waals surface area contributed by atoms with Gasteiger partial charge in [0.1, 0.15) is 18.1 Å². The quantitative estimate of drug-likeness (QED) is 0.808. The van der Waals surface area contributed by atoms with Crippen molar-refractivity contribution in [3.05, 3.63) is 42.5 Å². The topological polar surface area (TPSA) is 76.5 Å². The van der Waals surface area contributed by atoms with Gasteiger partial charge in [0, 0.05) is 25.5 Å². The highest BCUT2D eigenvalue weighted by atomic mass is 16.5. The highest BCUT2D eigenvalue weighted by Gasteiger charge is 2.32. The minimum atomic E-state index is -0.591. The van der Waals surface area contributed by atoms with E-state index in [2.05, 4.69) is 10.3 Å². The molecule has 7 nitrogen and oxygen atoms in total. The summed E-state index contributed by atoms with van der Waals surface area (Å²) < 4.78 is 7.61. The Kier molecular flexibility index (Phi) is 5.02. The Morgan fingerprint density at radius 2 is 2.16 bits per heavy atom. The number of hydrogen-bond donors (Lipinski definition) is 1. The lowest BCUT2D eigenvalue weighted by Crippen LogP contribution is -2.48. The summed E-state index contributed by atoms with van der Waals surface area (Å²) in [6.07, 6.45) is 3.89. The number of aryl methyl sites for hydroxylation is 2. The van der Waals surface area contributed by atoms with Crippen LogP contribution in [0.1, 0.15) is 19.2 Å². The molecule has 0 bridgehead atoms. The van der Waals surface area contributed by atoms with Gasteiger partial charge in [0.15, 0.2) is 6.10 Å². The van der Waals surface area contributed by atoms with Crippen LogP contribution in [0.4, 0.5) is 5.69 Å². The smallest absolute Gasteiger partial charge is 0.268 e. The predicted molar refractivity (Wildman–Crippen MR) is 93.5 cm³/mol.